The summed E-state index contributed by atoms with van der Waals surface area (Å²) in [6, 6.07) is 4.85. The van der Waals surface area contributed by atoms with Crippen LogP contribution in [0.15, 0.2) is 30.6 Å². The molecule has 0 bridgehead atoms. The Hall–Kier alpha value is -2.22. The molecule has 0 radical (unpaired) electrons. The standard InChI is InChI=1S/C14H16N4O3S/c1-10-7-13(16-14(19)11-3-2-5-15-8-11)18(17-10)12-4-6-22(20,21)9-12/h2-3,5,7-8,12H,4,6,9H2,1H3,(H,16,19)/t12-/m0/s1. The molecule has 3 rings (SSSR count). The molecule has 2 aromatic heterocycles. The Bertz CT molecular complexity index is 799. The molecule has 8 heteroatoms. The minimum Gasteiger partial charge on any atom is -0.307 e. The average molecular weight is 320 g/mol. The average Bonchev–Trinajstić information content (AvgIpc) is 3.02. The lowest BCUT2D eigenvalue weighted by Gasteiger charge is -2.13. The summed E-state index contributed by atoms with van der Waals surface area (Å²) in [6.45, 7) is 1.81. The number of hydrogen-bond acceptors (Lipinski definition) is 5. The topological polar surface area (TPSA) is 94.0 Å². The third-order valence-corrected chi connectivity index (χ3v) is 5.33. The summed E-state index contributed by atoms with van der Waals surface area (Å²) in [5, 5.41) is 7.11. The van der Waals surface area contributed by atoms with E-state index in [0.717, 1.165) is 5.69 Å². The van der Waals surface area contributed by atoms with E-state index in [0.29, 0.717) is 17.8 Å². The number of nitrogens with one attached hydrogen (secondary N) is 1. The van der Waals surface area contributed by atoms with Crippen molar-refractivity contribution in [3.63, 3.8) is 0 Å². The highest BCUT2D eigenvalue weighted by molar-refractivity contribution is 7.91. The maximum absolute atomic E-state index is 12.2. The van der Waals surface area contributed by atoms with E-state index in [1.165, 1.54) is 6.20 Å². The number of carbonyl (C=O) groups excluding carboxylic acids is 1. The van der Waals surface area contributed by atoms with Crippen LogP contribution in [0.4, 0.5) is 5.82 Å². The predicted octanol–water partition coefficient (Wildman–Crippen LogP) is 1.20. The van der Waals surface area contributed by atoms with E-state index in [1.54, 1.807) is 36.0 Å². The molecule has 1 saturated heterocycles. The highest BCUT2D eigenvalue weighted by Gasteiger charge is 2.31. The van der Waals surface area contributed by atoms with Crippen molar-refractivity contribution in [2.24, 2.45) is 0 Å². The Balaban J connectivity index is 1.84. The van der Waals surface area contributed by atoms with E-state index in [4.69, 9.17) is 0 Å². The third kappa shape index (κ3) is 3.01. The van der Waals surface area contributed by atoms with Crippen molar-refractivity contribution >= 4 is 21.6 Å². The van der Waals surface area contributed by atoms with Gasteiger partial charge in [-0.25, -0.2) is 13.1 Å². The molecule has 1 amide bonds. The molecular weight excluding hydrogens is 304 g/mol. The molecule has 1 fully saturated rings. The van der Waals surface area contributed by atoms with Crippen LogP contribution in [0.5, 0.6) is 0 Å². The highest BCUT2D eigenvalue weighted by atomic mass is 32.2. The van der Waals surface area contributed by atoms with Crippen LogP contribution in [0.1, 0.15) is 28.5 Å². The SMILES string of the molecule is Cc1cc(NC(=O)c2cccnc2)n([C@H]2CCS(=O)(=O)C2)n1. The van der Waals surface area contributed by atoms with E-state index in [1.807, 2.05) is 0 Å². The molecule has 0 aromatic carbocycles. The number of anilines is 1. The van der Waals surface area contributed by atoms with E-state index in [9.17, 15) is 13.2 Å². The molecule has 1 atom stereocenters. The minimum absolute atomic E-state index is 0.0594. The second-order valence-corrected chi connectivity index (χ2v) is 7.60. The monoisotopic (exact) mass is 320 g/mol. The van der Waals surface area contributed by atoms with Crippen molar-refractivity contribution in [2.45, 2.75) is 19.4 Å². The Morgan fingerprint density at radius 2 is 2.27 bits per heavy atom. The first-order chi connectivity index (χ1) is 10.4. The molecule has 1 N–H and O–H groups in total. The predicted molar refractivity (Wildman–Crippen MR) is 81.5 cm³/mol. The van der Waals surface area contributed by atoms with Crippen molar-refractivity contribution in [2.75, 3.05) is 16.8 Å². The number of carbonyl (C=O) groups is 1. The zero-order chi connectivity index (χ0) is 15.7. The van der Waals surface area contributed by atoms with E-state index < -0.39 is 9.84 Å². The van der Waals surface area contributed by atoms with Crippen LogP contribution in [0.2, 0.25) is 0 Å². The van der Waals surface area contributed by atoms with Crippen molar-refractivity contribution < 1.29 is 13.2 Å². The summed E-state index contributed by atoms with van der Waals surface area (Å²) in [6.07, 6.45) is 3.58. The first kappa shape index (κ1) is 14.7. The van der Waals surface area contributed by atoms with Gasteiger partial charge in [0.15, 0.2) is 9.84 Å². The van der Waals surface area contributed by atoms with Crippen LogP contribution in [0.3, 0.4) is 0 Å². The first-order valence-electron chi connectivity index (χ1n) is 6.92. The molecule has 2 aromatic rings. The van der Waals surface area contributed by atoms with Gasteiger partial charge in [0.05, 0.1) is 28.8 Å². The number of hydrogen-bond donors (Lipinski definition) is 1. The van der Waals surface area contributed by atoms with Gasteiger partial charge < -0.3 is 5.32 Å². The van der Waals surface area contributed by atoms with E-state index >= 15 is 0 Å². The number of pyridine rings is 1. The second-order valence-electron chi connectivity index (χ2n) is 5.37. The fraction of sp³-hybridized carbons (Fsp3) is 0.357. The van der Waals surface area contributed by atoms with Gasteiger partial charge in [0.2, 0.25) is 0 Å². The van der Waals surface area contributed by atoms with Crippen LogP contribution in [-0.2, 0) is 9.84 Å². The highest BCUT2D eigenvalue weighted by Crippen LogP contribution is 2.27. The Morgan fingerprint density at radius 3 is 2.91 bits per heavy atom. The van der Waals surface area contributed by atoms with Gasteiger partial charge in [-0.15, -0.1) is 0 Å². The fourth-order valence-corrected chi connectivity index (χ4v) is 4.23. The summed E-state index contributed by atoms with van der Waals surface area (Å²) in [4.78, 5) is 16.1. The van der Waals surface area contributed by atoms with Gasteiger partial charge in [-0.3, -0.25) is 9.78 Å². The quantitative estimate of drug-likeness (QED) is 0.917. The summed E-state index contributed by atoms with van der Waals surface area (Å²) in [5.41, 5.74) is 1.16. The van der Waals surface area contributed by atoms with Crippen molar-refractivity contribution in [1.29, 1.82) is 0 Å². The lowest BCUT2D eigenvalue weighted by molar-refractivity contribution is 0.102. The van der Waals surface area contributed by atoms with Gasteiger partial charge >= 0.3 is 0 Å². The molecule has 7 nitrogen and oxygen atoms in total. The zero-order valence-corrected chi connectivity index (χ0v) is 12.9. The Labute approximate surface area is 128 Å². The number of nitrogens with zero attached hydrogens (tertiary/aromatic N) is 3. The molecule has 0 aliphatic carbocycles. The van der Waals surface area contributed by atoms with Gasteiger partial charge in [-0.2, -0.15) is 5.10 Å². The maximum Gasteiger partial charge on any atom is 0.258 e. The number of amides is 1. The van der Waals surface area contributed by atoms with Gasteiger partial charge in [0, 0.05) is 18.5 Å². The minimum atomic E-state index is -3.02. The lowest BCUT2D eigenvalue weighted by atomic mass is 10.2. The maximum atomic E-state index is 12.2. The fourth-order valence-electron chi connectivity index (χ4n) is 2.54. The normalized spacial score (nSPS) is 20.0. The molecule has 0 unspecified atom stereocenters. The van der Waals surface area contributed by atoms with Gasteiger partial charge in [-0.1, -0.05) is 0 Å². The summed E-state index contributed by atoms with van der Waals surface area (Å²) in [7, 11) is -3.02. The van der Waals surface area contributed by atoms with E-state index in [-0.39, 0.29) is 23.5 Å². The van der Waals surface area contributed by atoms with Crippen LogP contribution < -0.4 is 5.32 Å². The molecular formula is C14H16N4O3S. The van der Waals surface area contributed by atoms with Crippen LogP contribution in [0.25, 0.3) is 0 Å². The molecule has 0 spiro atoms. The van der Waals surface area contributed by atoms with Crippen LogP contribution in [0, 0.1) is 6.92 Å². The summed E-state index contributed by atoms with van der Waals surface area (Å²) >= 11 is 0. The van der Waals surface area contributed by atoms with E-state index in [2.05, 4.69) is 15.4 Å². The van der Waals surface area contributed by atoms with Crippen molar-refractivity contribution in [1.82, 2.24) is 14.8 Å². The van der Waals surface area contributed by atoms with Gasteiger partial charge in [0.25, 0.3) is 5.91 Å². The third-order valence-electron chi connectivity index (χ3n) is 3.58. The number of rotatable bonds is 3. The lowest BCUT2D eigenvalue weighted by Crippen LogP contribution is -2.19. The largest absolute Gasteiger partial charge is 0.307 e. The molecule has 3 heterocycles. The zero-order valence-electron chi connectivity index (χ0n) is 12.1. The van der Waals surface area contributed by atoms with Gasteiger partial charge in [0.1, 0.15) is 5.82 Å². The number of sulfone groups is 1. The Morgan fingerprint density at radius 1 is 1.45 bits per heavy atom. The number of aromatic nitrogens is 3. The second kappa shape index (κ2) is 5.53. The molecule has 116 valence electrons. The smallest absolute Gasteiger partial charge is 0.258 e. The van der Waals surface area contributed by atoms with Crippen LogP contribution in [-0.4, -0.2) is 40.6 Å². The first-order valence-corrected chi connectivity index (χ1v) is 8.75. The summed E-state index contributed by atoms with van der Waals surface area (Å²) in [5.74, 6) is 0.430. The van der Waals surface area contributed by atoms with Crippen LogP contribution >= 0.6 is 0 Å². The number of aryl methyl sites for hydroxylation is 1. The molecule has 1 aliphatic heterocycles. The van der Waals surface area contributed by atoms with Gasteiger partial charge in [-0.05, 0) is 25.5 Å². The van der Waals surface area contributed by atoms with Crippen molar-refractivity contribution in [3.8, 4) is 0 Å². The molecule has 0 saturated carbocycles. The molecule has 1 aliphatic rings. The summed E-state index contributed by atoms with van der Waals surface area (Å²) < 4.78 is 24.9. The van der Waals surface area contributed by atoms with Crippen molar-refractivity contribution in [3.05, 3.63) is 41.9 Å². The Kier molecular flexibility index (Phi) is 3.69. The molecule has 22 heavy (non-hydrogen) atoms.